The molecule has 88 valence electrons. The topological polar surface area (TPSA) is 124 Å². The molecule has 0 spiro atoms. The number of hydrogen-bond donors (Lipinski definition) is 4. The van der Waals surface area contributed by atoms with Gasteiger partial charge >= 0.3 is 0 Å². The van der Waals surface area contributed by atoms with Gasteiger partial charge in [0.1, 0.15) is 0 Å². The van der Waals surface area contributed by atoms with Crippen molar-refractivity contribution in [3.63, 3.8) is 0 Å². The Hall–Kier alpha value is -1.17. The first-order valence-electron chi connectivity index (χ1n) is 4.46. The monoisotopic (exact) mass is 234 g/mol. The van der Waals surface area contributed by atoms with E-state index in [4.69, 9.17) is 22.3 Å². The lowest BCUT2D eigenvalue weighted by atomic mass is 10.1. The van der Waals surface area contributed by atoms with Crippen LogP contribution in [-0.2, 0) is 0 Å². The van der Waals surface area contributed by atoms with Crippen LogP contribution in [-0.4, -0.2) is 24.8 Å². The van der Waals surface area contributed by atoms with Gasteiger partial charge in [-0.05, 0) is 0 Å². The van der Waals surface area contributed by atoms with Crippen molar-refractivity contribution in [2.24, 2.45) is 33.5 Å². The fourth-order valence-electron chi connectivity index (χ4n) is 0.557. The van der Waals surface area contributed by atoms with Crippen LogP contribution in [0.5, 0.6) is 0 Å². The van der Waals surface area contributed by atoms with E-state index >= 15 is 0 Å². The first-order chi connectivity index (χ1) is 6.45. The molecule has 2 unspecified atom stereocenters. The van der Waals surface area contributed by atoms with Crippen molar-refractivity contribution >= 4 is 24.1 Å². The first-order valence-corrected chi connectivity index (χ1v) is 4.46. The Kier molecular flexibility index (Phi) is 8.85. The molecule has 2 atom stereocenters. The summed E-state index contributed by atoms with van der Waals surface area (Å²) < 4.78 is 0. The van der Waals surface area contributed by atoms with Gasteiger partial charge in [0.25, 0.3) is 0 Å². The SMILES string of the molecule is CC(C/N=N/CC(C)C(=N)N)C(=N)N.Cl. The average Bonchev–Trinajstić information content (AvgIpc) is 2.11. The third kappa shape index (κ3) is 7.87. The van der Waals surface area contributed by atoms with Crippen molar-refractivity contribution in [2.75, 3.05) is 13.1 Å². The molecular formula is C8H19ClN6. The number of nitrogens with zero attached hydrogens (tertiary/aromatic N) is 2. The van der Waals surface area contributed by atoms with Crippen LogP contribution in [0.3, 0.4) is 0 Å². The van der Waals surface area contributed by atoms with E-state index in [2.05, 4.69) is 10.2 Å². The van der Waals surface area contributed by atoms with Gasteiger partial charge in [0.15, 0.2) is 0 Å². The van der Waals surface area contributed by atoms with Crippen LogP contribution in [0, 0.1) is 22.7 Å². The molecule has 0 heterocycles. The maximum Gasteiger partial charge on any atom is 0.0953 e. The van der Waals surface area contributed by atoms with E-state index in [1.807, 2.05) is 13.8 Å². The lowest BCUT2D eigenvalue weighted by molar-refractivity contribution is 0.680. The van der Waals surface area contributed by atoms with Crippen molar-refractivity contribution in [3.05, 3.63) is 0 Å². The van der Waals surface area contributed by atoms with Crippen molar-refractivity contribution in [1.82, 2.24) is 0 Å². The Morgan fingerprint density at radius 3 is 1.47 bits per heavy atom. The molecule has 0 aliphatic carbocycles. The van der Waals surface area contributed by atoms with Gasteiger partial charge in [0, 0.05) is 11.8 Å². The summed E-state index contributed by atoms with van der Waals surface area (Å²) in [4.78, 5) is 0. The number of azo groups is 1. The van der Waals surface area contributed by atoms with E-state index in [-0.39, 0.29) is 35.9 Å². The van der Waals surface area contributed by atoms with Crippen molar-refractivity contribution in [1.29, 1.82) is 10.8 Å². The highest BCUT2D eigenvalue weighted by atomic mass is 35.5. The van der Waals surface area contributed by atoms with E-state index in [0.29, 0.717) is 13.1 Å². The smallest absolute Gasteiger partial charge is 0.0953 e. The number of nitrogens with one attached hydrogen (secondary N) is 2. The van der Waals surface area contributed by atoms with Gasteiger partial charge in [0.2, 0.25) is 0 Å². The third-order valence-electron chi connectivity index (χ3n) is 1.87. The molecule has 0 aromatic carbocycles. The number of halogens is 1. The molecule has 0 rings (SSSR count). The number of amidine groups is 2. The van der Waals surface area contributed by atoms with Crippen LogP contribution in [0.2, 0.25) is 0 Å². The maximum absolute atomic E-state index is 7.11. The first kappa shape index (κ1) is 16.3. The molecule has 0 amide bonds. The molecule has 0 aromatic rings. The molecule has 0 aliphatic heterocycles. The van der Waals surface area contributed by atoms with Crippen molar-refractivity contribution < 1.29 is 0 Å². The van der Waals surface area contributed by atoms with Gasteiger partial charge in [0.05, 0.1) is 24.8 Å². The Morgan fingerprint density at radius 2 is 1.27 bits per heavy atom. The van der Waals surface area contributed by atoms with Gasteiger partial charge < -0.3 is 11.5 Å². The summed E-state index contributed by atoms with van der Waals surface area (Å²) in [6.07, 6.45) is 0. The van der Waals surface area contributed by atoms with Crippen LogP contribution in [0.15, 0.2) is 10.2 Å². The zero-order valence-corrected chi connectivity index (χ0v) is 9.84. The zero-order chi connectivity index (χ0) is 11.1. The predicted molar refractivity (Wildman–Crippen MR) is 64.0 cm³/mol. The van der Waals surface area contributed by atoms with Gasteiger partial charge in [-0.3, -0.25) is 10.8 Å². The van der Waals surface area contributed by atoms with Crippen LogP contribution in [0.4, 0.5) is 0 Å². The Labute approximate surface area is 95.9 Å². The molecule has 6 N–H and O–H groups in total. The summed E-state index contributed by atoms with van der Waals surface area (Å²) in [7, 11) is 0. The van der Waals surface area contributed by atoms with E-state index in [9.17, 15) is 0 Å². The lowest BCUT2D eigenvalue weighted by Crippen LogP contribution is -2.23. The second-order valence-corrected chi connectivity index (χ2v) is 3.36. The molecule has 0 fully saturated rings. The van der Waals surface area contributed by atoms with Gasteiger partial charge in [-0.25, -0.2) is 0 Å². The van der Waals surface area contributed by atoms with Crippen LogP contribution >= 0.6 is 12.4 Å². The highest BCUT2D eigenvalue weighted by molar-refractivity contribution is 5.85. The minimum absolute atomic E-state index is 0. The summed E-state index contributed by atoms with van der Waals surface area (Å²) >= 11 is 0. The minimum atomic E-state index is -0.0774. The quantitative estimate of drug-likeness (QED) is 0.311. The average molecular weight is 235 g/mol. The maximum atomic E-state index is 7.11. The summed E-state index contributed by atoms with van der Waals surface area (Å²) in [5, 5.41) is 22.0. The summed E-state index contributed by atoms with van der Waals surface area (Å²) in [5.41, 5.74) is 10.5. The summed E-state index contributed by atoms with van der Waals surface area (Å²) in [5.74, 6) is 0.0740. The molecule has 0 saturated heterocycles. The Balaban J connectivity index is 0. The number of hydrogen-bond acceptors (Lipinski definition) is 4. The molecule has 6 nitrogen and oxygen atoms in total. The van der Waals surface area contributed by atoms with Crippen molar-refractivity contribution in [3.8, 4) is 0 Å². The van der Waals surface area contributed by atoms with Crippen LogP contribution in [0.25, 0.3) is 0 Å². The molecule has 15 heavy (non-hydrogen) atoms. The number of nitrogens with two attached hydrogens (primary N) is 2. The van der Waals surface area contributed by atoms with Gasteiger partial charge in [-0.1, -0.05) is 13.8 Å². The second kappa shape index (κ2) is 8.16. The van der Waals surface area contributed by atoms with Crippen molar-refractivity contribution in [2.45, 2.75) is 13.8 Å². The van der Waals surface area contributed by atoms with E-state index in [1.165, 1.54) is 0 Å². The molecule has 7 heteroatoms. The normalized spacial score (nSPS) is 14.3. The largest absolute Gasteiger partial charge is 0.387 e. The predicted octanol–water partition coefficient (Wildman–Crippen LogP) is 1.00. The lowest BCUT2D eigenvalue weighted by Gasteiger charge is -2.05. The molecular weight excluding hydrogens is 216 g/mol. The second-order valence-electron chi connectivity index (χ2n) is 3.36. The third-order valence-corrected chi connectivity index (χ3v) is 1.87. The molecule has 0 aromatic heterocycles. The van der Waals surface area contributed by atoms with E-state index in [0.717, 1.165) is 0 Å². The van der Waals surface area contributed by atoms with Crippen LogP contribution < -0.4 is 11.5 Å². The van der Waals surface area contributed by atoms with E-state index in [1.54, 1.807) is 0 Å². The fourth-order valence-corrected chi connectivity index (χ4v) is 0.557. The van der Waals surface area contributed by atoms with Crippen LogP contribution in [0.1, 0.15) is 13.8 Å². The Bertz CT molecular complexity index is 215. The standard InChI is InChI=1S/C8H18N6.ClH/c1-5(7(9)10)3-13-14-4-6(2)8(11)12;/h5-6H,3-4H2,1-2H3,(H3,9,10)(H3,11,12);1H/b14-13+;. The molecule has 0 aliphatic rings. The molecule has 0 saturated carbocycles. The van der Waals surface area contributed by atoms with E-state index < -0.39 is 0 Å². The molecule has 0 bridgehead atoms. The number of rotatable bonds is 6. The van der Waals surface area contributed by atoms with Gasteiger partial charge in [-0.15, -0.1) is 12.4 Å². The summed E-state index contributed by atoms with van der Waals surface area (Å²) in [6.45, 7) is 4.46. The van der Waals surface area contributed by atoms with Gasteiger partial charge in [-0.2, -0.15) is 10.2 Å². The molecule has 0 radical (unpaired) electrons. The zero-order valence-electron chi connectivity index (χ0n) is 9.03. The fraction of sp³-hybridized carbons (Fsp3) is 0.750. The summed E-state index contributed by atoms with van der Waals surface area (Å²) in [6, 6.07) is 0. The minimum Gasteiger partial charge on any atom is -0.387 e. The highest BCUT2D eigenvalue weighted by Crippen LogP contribution is 1.97. The highest BCUT2D eigenvalue weighted by Gasteiger charge is 2.05. The Morgan fingerprint density at radius 1 is 1.00 bits per heavy atom.